The molecule has 5 nitrogen and oxygen atoms in total. The van der Waals surface area contributed by atoms with Gasteiger partial charge in [-0.3, -0.25) is 4.98 Å². The number of benzene rings is 2. The quantitative estimate of drug-likeness (QED) is 0.514. The number of nitrogens with one attached hydrogen (secondary N) is 1. The molecule has 0 aliphatic heterocycles. The molecule has 4 aromatic rings. The van der Waals surface area contributed by atoms with Gasteiger partial charge in [-0.1, -0.05) is 30.3 Å². The van der Waals surface area contributed by atoms with E-state index in [-0.39, 0.29) is 0 Å². The van der Waals surface area contributed by atoms with Gasteiger partial charge < -0.3 is 14.6 Å². The Balaban J connectivity index is 1.52. The summed E-state index contributed by atoms with van der Waals surface area (Å²) in [4.78, 5) is 4.39. The minimum atomic E-state index is 0.544. The number of rotatable bonds is 6. The summed E-state index contributed by atoms with van der Waals surface area (Å²) in [5, 5.41) is 15.1. The van der Waals surface area contributed by atoms with Gasteiger partial charge in [-0.25, -0.2) is 0 Å². The summed E-state index contributed by atoms with van der Waals surface area (Å²) in [7, 11) is 1.63. The summed E-state index contributed by atoms with van der Waals surface area (Å²) in [6, 6.07) is 18.5. The van der Waals surface area contributed by atoms with Gasteiger partial charge in [-0.15, -0.1) is 0 Å². The lowest BCUT2D eigenvalue weighted by molar-refractivity contribution is 0.419. The highest BCUT2D eigenvalue weighted by Gasteiger charge is 2.11. The molecule has 0 saturated heterocycles. The van der Waals surface area contributed by atoms with Crippen molar-refractivity contribution in [2.45, 2.75) is 13.0 Å². The van der Waals surface area contributed by atoms with E-state index < -0.39 is 0 Å². The molecule has 0 aliphatic carbocycles. The first-order valence-electron chi connectivity index (χ1n) is 8.95. The Morgan fingerprint density at radius 2 is 2.04 bits per heavy atom. The van der Waals surface area contributed by atoms with Crippen LogP contribution in [0.1, 0.15) is 12.0 Å². The van der Waals surface area contributed by atoms with E-state index in [4.69, 9.17) is 4.74 Å². The zero-order chi connectivity index (χ0) is 18.6. The van der Waals surface area contributed by atoms with Gasteiger partial charge in [0.15, 0.2) is 0 Å². The highest BCUT2D eigenvalue weighted by atomic mass is 16.5. The molecule has 27 heavy (non-hydrogen) atoms. The van der Waals surface area contributed by atoms with Crippen LogP contribution in [0.4, 0.5) is 5.69 Å². The number of anilines is 1. The van der Waals surface area contributed by atoms with Gasteiger partial charge in [0.25, 0.3) is 0 Å². The topological polar surface area (TPSA) is 62.9 Å². The average Bonchev–Trinajstić information content (AvgIpc) is 3.13. The molecule has 1 N–H and O–H groups in total. The van der Waals surface area contributed by atoms with Crippen LogP contribution in [0.3, 0.4) is 0 Å². The van der Waals surface area contributed by atoms with Gasteiger partial charge in [-0.2, -0.15) is 5.26 Å². The SMILES string of the molecule is COc1cccc2c(NCCCn3ccc4ccccc43)c(C#N)cnc12. The van der Waals surface area contributed by atoms with Gasteiger partial charge in [-0.05, 0) is 30.0 Å². The highest BCUT2D eigenvalue weighted by Crippen LogP contribution is 2.31. The summed E-state index contributed by atoms with van der Waals surface area (Å²) in [6.45, 7) is 1.67. The normalized spacial score (nSPS) is 10.8. The molecule has 2 heterocycles. The standard InChI is InChI=1S/C22H20N4O/c1-27-20-9-4-7-18-21(17(14-23)15-25-22(18)20)24-11-5-12-26-13-10-16-6-2-3-8-19(16)26/h2-4,6-10,13,15H,5,11-12H2,1H3,(H,24,25). The van der Waals surface area contributed by atoms with Crippen molar-refractivity contribution in [3.05, 3.63) is 66.5 Å². The Morgan fingerprint density at radius 1 is 1.15 bits per heavy atom. The van der Waals surface area contributed by atoms with E-state index in [1.165, 1.54) is 10.9 Å². The maximum Gasteiger partial charge on any atom is 0.145 e. The number of hydrogen-bond acceptors (Lipinski definition) is 4. The number of pyridine rings is 1. The summed E-state index contributed by atoms with van der Waals surface area (Å²) in [6.07, 6.45) is 4.67. The largest absolute Gasteiger partial charge is 0.494 e. The van der Waals surface area contributed by atoms with Crippen LogP contribution in [-0.2, 0) is 6.54 Å². The molecule has 0 saturated carbocycles. The average molecular weight is 356 g/mol. The lowest BCUT2D eigenvalue weighted by Crippen LogP contribution is -2.08. The fourth-order valence-electron chi connectivity index (χ4n) is 3.43. The summed E-state index contributed by atoms with van der Waals surface area (Å²) in [5.74, 6) is 0.707. The van der Waals surface area contributed by atoms with Crippen LogP contribution in [0.2, 0.25) is 0 Å². The third kappa shape index (κ3) is 3.18. The van der Waals surface area contributed by atoms with Crippen molar-refractivity contribution in [1.82, 2.24) is 9.55 Å². The Labute approximate surface area is 157 Å². The molecule has 2 aromatic carbocycles. The lowest BCUT2D eigenvalue weighted by Gasteiger charge is -2.13. The molecule has 0 aliphatic rings. The van der Waals surface area contributed by atoms with Crippen molar-refractivity contribution in [2.24, 2.45) is 0 Å². The van der Waals surface area contributed by atoms with Crippen molar-refractivity contribution in [1.29, 1.82) is 5.26 Å². The molecule has 0 bridgehead atoms. The monoisotopic (exact) mass is 356 g/mol. The molecule has 134 valence electrons. The second kappa shape index (κ2) is 7.38. The molecule has 4 rings (SSSR count). The molecule has 5 heteroatoms. The summed E-state index contributed by atoms with van der Waals surface area (Å²) < 4.78 is 7.65. The second-order valence-corrected chi connectivity index (χ2v) is 6.36. The van der Waals surface area contributed by atoms with Crippen molar-refractivity contribution >= 4 is 27.5 Å². The van der Waals surface area contributed by atoms with E-state index in [9.17, 15) is 5.26 Å². The lowest BCUT2D eigenvalue weighted by atomic mass is 10.1. The number of ether oxygens (including phenoxy) is 1. The van der Waals surface area contributed by atoms with Gasteiger partial charge in [0, 0.05) is 36.4 Å². The first-order valence-corrected chi connectivity index (χ1v) is 8.95. The number of fused-ring (bicyclic) bond motifs is 2. The van der Waals surface area contributed by atoms with Crippen molar-refractivity contribution in [2.75, 3.05) is 19.0 Å². The van der Waals surface area contributed by atoms with Crippen molar-refractivity contribution in [3.63, 3.8) is 0 Å². The van der Waals surface area contributed by atoms with Crippen LogP contribution in [-0.4, -0.2) is 23.2 Å². The summed E-state index contributed by atoms with van der Waals surface area (Å²) in [5.41, 5.74) is 3.37. The minimum Gasteiger partial charge on any atom is -0.494 e. The van der Waals surface area contributed by atoms with Gasteiger partial charge in [0.1, 0.15) is 17.3 Å². The zero-order valence-electron chi connectivity index (χ0n) is 15.1. The van der Waals surface area contributed by atoms with Crippen LogP contribution in [0.15, 0.2) is 60.9 Å². The van der Waals surface area contributed by atoms with Gasteiger partial charge >= 0.3 is 0 Å². The van der Waals surface area contributed by atoms with Gasteiger partial charge in [0.05, 0.1) is 18.4 Å². The van der Waals surface area contributed by atoms with Crippen LogP contribution < -0.4 is 10.1 Å². The number of para-hydroxylation sites is 2. The smallest absolute Gasteiger partial charge is 0.145 e. The Hall–Kier alpha value is -3.52. The van der Waals surface area contributed by atoms with E-state index in [1.807, 2.05) is 18.2 Å². The number of aryl methyl sites for hydroxylation is 1. The van der Waals surface area contributed by atoms with Crippen molar-refractivity contribution in [3.8, 4) is 11.8 Å². The molecular formula is C22H20N4O. The molecule has 0 amide bonds. The number of methoxy groups -OCH3 is 1. The predicted molar refractivity (Wildman–Crippen MR) is 108 cm³/mol. The van der Waals surface area contributed by atoms with Crippen LogP contribution in [0.5, 0.6) is 5.75 Å². The van der Waals surface area contributed by atoms with Crippen molar-refractivity contribution < 1.29 is 4.74 Å². The Kier molecular flexibility index (Phi) is 4.63. The number of hydrogen-bond donors (Lipinski definition) is 1. The summed E-state index contributed by atoms with van der Waals surface area (Å²) >= 11 is 0. The molecule has 0 radical (unpaired) electrons. The van der Waals surface area contributed by atoms with E-state index in [0.717, 1.165) is 36.1 Å². The number of nitriles is 1. The first kappa shape index (κ1) is 16.9. The third-order valence-corrected chi connectivity index (χ3v) is 4.76. The fourth-order valence-corrected chi connectivity index (χ4v) is 3.43. The van der Waals surface area contributed by atoms with Crippen LogP contribution >= 0.6 is 0 Å². The molecular weight excluding hydrogens is 336 g/mol. The fraction of sp³-hybridized carbons (Fsp3) is 0.182. The molecule has 2 aromatic heterocycles. The van der Waals surface area contributed by atoms with E-state index in [1.54, 1.807) is 13.3 Å². The third-order valence-electron chi connectivity index (χ3n) is 4.76. The molecule has 0 atom stereocenters. The van der Waals surface area contributed by atoms with E-state index in [2.05, 4.69) is 57.5 Å². The Bertz CT molecular complexity index is 1140. The molecule has 0 spiro atoms. The Morgan fingerprint density at radius 3 is 2.89 bits per heavy atom. The van der Waals surface area contributed by atoms with Gasteiger partial charge in [0.2, 0.25) is 0 Å². The number of aromatic nitrogens is 2. The molecule has 0 fully saturated rings. The second-order valence-electron chi connectivity index (χ2n) is 6.36. The zero-order valence-corrected chi connectivity index (χ0v) is 15.1. The maximum absolute atomic E-state index is 9.46. The highest BCUT2D eigenvalue weighted by molar-refractivity contribution is 5.97. The number of nitrogens with zero attached hydrogens (tertiary/aromatic N) is 3. The maximum atomic E-state index is 9.46. The minimum absolute atomic E-state index is 0.544. The first-order chi connectivity index (χ1) is 13.3. The predicted octanol–water partition coefficient (Wildman–Crippen LogP) is 4.57. The van der Waals surface area contributed by atoms with E-state index in [0.29, 0.717) is 11.3 Å². The van der Waals surface area contributed by atoms with Crippen LogP contribution in [0, 0.1) is 11.3 Å². The molecule has 0 unspecified atom stereocenters. The van der Waals surface area contributed by atoms with E-state index >= 15 is 0 Å². The van der Waals surface area contributed by atoms with Crippen LogP contribution in [0.25, 0.3) is 21.8 Å².